The molecule has 0 saturated carbocycles. The lowest BCUT2D eigenvalue weighted by Crippen LogP contribution is -2.29. The van der Waals surface area contributed by atoms with Crippen LogP contribution in [0.3, 0.4) is 0 Å². The largest absolute Gasteiger partial charge is 0.489 e. The lowest BCUT2D eigenvalue weighted by Gasteiger charge is -2.17. The fraction of sp³-hybridized carbons (Fsp3) is 0.286. The van der Waals surface area contributed by atoms with Crippen LogP contribution >= 0.6 is 0 Å². The summed E-state index contributed by atoms with van der Waals surface area (Å²) in [6, 6.07) is 13.0. The quantitative estimate of drug-likeness (QED) is 0.640. The second kappa shape index (κ2) is 8.49. The standard InChI is InChI=1S/C21H23N3O3/c1-15-20(16(2)27-23-15)14-26-19-9-6-7-17(13-19)21(25)24(3)12-10-18-8-4-5-11-22-18/h4-9,11,13H,10,12,14H2,1-3H3. The molecule has 0 spiro atoms. The molecule has 0 fully saturated rings. The van der Waals surface area contributed by atoms with Crippen LogP contribution in [0.1, 0.15) is 33.1 Å². The van der Waals surface area contributed by atoms with E-state index in [1.54, 1.807) is 30.3 Å². The number of carbonyl (C=O) groups is 1. The minimum Gasteiger partial charge on any atom is -0.489 e. The van der Waals surface area contributed by atoms with Gasteiger partial charge in [0.15, 0.2) is 0 Å². The first-order chi connectivity index (χ1) is 13.0. The number of ether oxygens (including phenoxy) is 1. The van der Waals surface area contributed by atoms with Gasteiger partial charge in [0.1, 0.15) is 18.1 Å². The Kier molecular flexibility index (Phi) is 5.86. The molecule has 0 aliphatic rings. The number of benzene rings is 1. The summed E-state index contributed by atoms with van der Waals surface area (Å²) in [6.07, 6.45) is 2.47. The number of rotatable bonds is 7. The Balaban J connectivity index is 1.61. The number of carbonyl (C=O) groups excluding carboxylic acids is 1. The van der Waals surface area contributed by atoms with Gasteiger partial charge >= 0.3 is 0 Å². The van der Waals surface area contributed by atoms with Gasteiger partial charge in [-0.2, -0.15) is 0 Å². The highest BCUT2D eigenvalue weighted by molar-refractivity contribution is 5.94. The Morgan fingerprint density at radius 2 is 2.04 bits per heavy atom. The van der Waals surface area contributed by atoms with Crippen LogP contribution in [0, 0.1) is 13.8 Å². The molecular weight excluding hydrogens is 342 g/mol. The zero-order chi connectivity index (χ0) is 19.2. The van der Waals surface area contributed by atoms with Crippen LogP contribution in [-0.2, 0) is 13.0 Å². The maximum atomic E-state index is 12.7. The highest BCUT2D eigenvalue weighted by atomic mass is 16.5. The van der Waals surface area contributed by atoms with Crippen molar-refractivity contribution < 1.29 is 14.1 Å². The first-order valence-corrected chi connectivity index (χ1v) is 8.84. The third-order valence-corrected chi connectivity index (χ3v) is 4.42. The highest BCUT2D eigenvalue weighted by Gasteiger charge is 2.14. The topological polar surface area (TPSA) is 68.5 Å². The minimum absolute atomic E-state index is 0.0475. The van der Waals surface area contributed by atoms with E-state index in [1.807, 2.05) is 44.2 Å². The number of likely N-dealkylation sites (N-methyl/N-ethyl adjacent to an activating group) is 1. The van der Waals surface area contributed by atoms with E-state index in [0.29, 0.717) is 30.9 Å². The Labute approximate surface area is 158 Å². The van der Waals surface area contributed by atoms with Crippen LogP contribution in [0.5, 0.6) is 5.75 Å². The first kappa shape index (κ1) is 18.6. The van der Waals surface area contributed by atoms with E-state index >= 15 is 0 Å². The van der Waals surface area contributed by atoms with Crippen molar-refractivity contribution in [2.24, 2.45) is 0 Å². The maximum Gasteiger partial charge on any atom is 0.253 e. The molecule has 0 atom stereocenters. The molecule has 2 heterocycles. The summed E-state index contributed by atoms with van der Waals surface area (Å²) in [7, 11) is 1.79. The van der Waals surface area contributed by atoms with Crippen LogP contribution in [0.2, 0.25) is 0 Å². The summed E-state index contributed by atoms with van der Waals surface area (Å²) in [5.74, 6) is 1.33. The Bertz CT molecular complexity index is 887. The number of amides is 1. The van der Waals surface area contributed by atoms with Gasteiger partial charge in [-0.3, -0.25) is 9.78 Å². The van der Waals surface area contributed by atoms with Gasteiger partial charge in [-0.15, -0.1) is 0 Å². The van der Waals surface area contributed by atoms with Crippen molar-refractivity contribution in [1.82, 2.24) is 15.0 Å². The summed E-state index contributed by atoms with van der Waals surface area (Å²) in [5.41, 5.74) is 3.30. The van der Waals surface area contributed by atoms with Crippen molar-refractivity contribution in [3.8, 4) is 5.75 Å². The molecular formula is C21H23N3O3. The number of hydrogen-bond acceptors (Lipinski definition) is 5. The van der Waals surface area contributed by atoms with Crippen LogP contribution in [0.4, 0.5) is 0 Å². The minimum atomic E-state index is -0.0475. The molecule has 0 aliphatic heterocycles. The molecule has 140 valence electrons. The van der Waals surface area contributed by atoms with Crippen molar-refractivity contribution in [3.63, 3.8) is 0 Å². The third-order valence-electron chi connectivity index (χ3n) is 4.42. The van der Waals surface area contributed by atoms with E-state index in [4.69, 9.17) is 9.26 Å². The first-order valence-electron chi connectivity index (χ1n) is 8.84. The van der Waals surface area contributed by atoms with E-state index < -0.39 is 0 Å². The smallest absolute Gasteiger partial charge is 0.253 e. The average Bonchev–Trinajstić information content (AvgIpc) is 3.02. The summed E-state index contributed by atoms with van der Waals surface area (Å²) in [5, 5.41) is 3.92. The van der Waals surface area contributed by atoms with E-state index in [-0.39, 0.29) is 5.91 Å². The van der Waals surface area contributed by atoms with Crippen molar-refractivity contribution in [1.29, 1.82) is 0 Å². The molecule has 3 rings (SSSR count). The van der Waals surface area contributed by atoms with E-state index in [9.17, 15) is 4.79 Å². The molecule has 0 saturated heterocycles. The Morgan fingerprint density at radius 1 is 1.19 bits per heavy atom. The molecule has 1 amide bonds. The fourth-order valence-electron chi connectivity index (χ4n) is 2.73. The van der Waals surface area contributed by atoms with E-state index in [0.717, 1.165) is 22.7 Å². The van der Waals surface area contributed by atoms with Gasteiger partial charge in [0, 0.05) is 37.5 Å². The number of aryl methyl sites for hydroxylation is 2. The maximum absolute atomic E-state index is 12.7. The summed E-state index contributed by atoms with van der Waals surface area (Å²) in [4.78, 5) is 18.7. The molecule has 0 unspecified atom stereocenters. The predicted octanol–water partition coefficient (Wildman–Crippen LogP) is 3.58. The normalized spacial score (nSPS) is 10.6. The number of nitrogens with zero attached hydrogens (tertiary/aromatic N) is 3. The molecule has 1 aromatic carbocycles. The Hall–Kier alpha value is -3.15. The van der Waals surface area contributed by atoms with Gasteiger partial charge in [0.05, 0.1) is 11.3 Å². The van der Waals surface area contributed by atoms with Gasteiger partial charge in [0.2, 0.25) is 0 Å². The lowest BCUT2D eigenvalue weighted by atomic mass is 10.1. The molecule has 3 aromatic rings. The molecule has 0 aliphatic carbocycles. The van der Waals surface area contributed by atoms with Crippen molar-refractivity contribution in [2.75, 3.05) is 13.6 Å². The van der Waals surface area contributed by atoms with Gasteiger partial charge in [-0.25, -0.2) is 0 Å². The molecule has 2 aromatic heterocycles. The van der Waals surface area contributed by atoms with Crippen LogP contribution in [0.15, 0.2) is 53.2 Å². The molecule has 6 heteroatoms. The second-order valence-electron chi connectivity index (χ2n) is 6.42. The second-order valence-corrected chi connectivity index (χ2v) is 6.42. The van der Waals surface area contributed by atoms with Crippen LogP contribution < -0.4 is 4.74 Å². The number of pyridine rings is 1. The van der Waals surface area contributed by atoms with Gasteiger partial charge in [-0.1, -0.05) is 17.3 Å². The number of hydrogen-bond donors (Lipinski definition) is 0. The van der Waals surface area contributed by atoms with Crippen LogP contribution in [0.25, 0.3) is 0 Å². The zero-order valence-corrected chi connectivity index (χ0v) is 15.8. The third kappa shape index (κ3) is 4.73. The molecule has 0 N–H and O–H groups in total. The zero-order valence-electron chi connectivity index (χ0n) is 15.8. The molecule has 6 nitrogen and oxygen atoms in total. The number of aromatic nitrogens is 2. The van der Waals surface area contributed by atoms with Gasteiger partial charge in [-0.05, 0) is 44.2 Å². The molecule has 27 heavy (non-hydrogen) atoms. The SMILES string of the molecule is Cc1noc(C)c1COc1cccc(C(=O)N(C)CCc2ccccn2)c1. The fourth-order valence-corrected chi connectivity index (χ4v) is 2.73. The monoisotopic (exact) mass is 365 g/mol. The summed E-state index contributed by atoms with van der Waals surface area (Å²) in [6.45, 7) is 4.69. The lowest BCUT2D eigenvalue weighted by molar-refractivity contribution is 0.0796. The summed E-state index contributed by atoms with van der Waals surface area (Å²) >= 11 is 0. The van der Waals surface area contributed by atoms with E-state index in [2.05, 4.69) is 10.1 Å². The average molecular weight is 365 g/mol. The van der Waals surface area contributed by atoms with Crippen LogP contribution in [-0.4, -0.2) is 34.5 Å². The van der Waals surface area contributed by atoms with Gasteiger partial charge in [0.25, 0.3) is 5.91 Å². The predicted molar refractivity (Wildman–Crippen MR) is 102 cm³/mol. The summed E-state index contributed by atoms with van der Waals surface area (Å²) < 4.78 is 11.0. The Morgan fingerprint density at radius 3 is 2.74 bits per heavy atom. The van der Waals surface area contributed by atoms with Crippen molar-refractivity contribution in [2.45, 2.75) is 26.9 Å². The highest BCUT2D eigenvalue weighted by Crippen LogP contribution is 2.19. The molecule has 0 radical (unpaired) electrons. The van der Waals surface area contributed by atoms with Crippen molar-refractivity contribution in [3.05, 3.63) is 76.9 Å². The van der Waals surface area contributed by atoms with Gasteiger partial charge < -0.3 is 14.2 Å². The molecule has 0 bridgehead atoms. The van der Waals surface area contributed by atoms with Crippen molar-refractivity contribution >= 4 is 5.91 Å². The van der Waals surface area contributed by atoms with E-state index in [1.165, 1.54) is 0 Å².